The topological polar surface area (TPSA) is 69.9 Å². The van der Waals surface area contributed by atoms with E-state index in [-0.39, 0.29) is 5.91 Å². The number of likely N-dealkylation sites (tertiary alicyclic amines) is 1. The minimum atomic E-state index is -0.439. The van der Waals surface area contributed by atoms with Crippen LogP contribution in [-0.4, -0.2) is 33.9 Å². The number of carbonyl (C=O) groups excluding carboxylic acids is 1. The summed E-state index contributed by atoms with van der Waals surface area (Å²) in [6.45, 7) is 6.70. The molecule has 0 spiro atoms. The van der Waals surface area contributed by atoms with Crippen molar-refractivity contribution in [2.75, 3.05) is 13.1 Å². The number of hydrogen-bond donors (Lipinski definition) is 0. The van der Waals surface area contributed by atoms with Crippen LogP contribution >= 0.6 is 0 Å². The second-order valence-electron chi connectivity index (χ2n) is 5.44. The van der Waals surface area contributed by atoms with Crippen LogP contribution in [0, 0.1) is 30.6 Å². The second kappa shape index (κ2) is 4.96. The van der Waals surface area contributed by atoms with Gasteiger partial charge in [0, 0.05) is 18.8 Å². The van der Waals surface area contributed by atoms with Gasteiger partial charge in [-0.2, -0.15) is 5.26 Å². The second-order valence-corrected chi connectivity index (χ2v) is 5.44. The molecule has 1 amide bonds. The van der Waals surface area contributed by atoms with Gasteiger partial charge < -0.3 is 4.90 Å². The van der Waals surface area contributed by atoms with Gasteiger partial charge in [-0.1, -0.05) is 0 Å². The predicted molar refractivity (Wildman–Crippen MR) is 70.4 cm³/mol. The summed E-state index contributed by atoms with van der Waals surface area (Å²) in [7, 11) is 0. The van der Waals surface area contributed by atoms with E-state index in [1.165, 1.54) is 0 Å². The number of nitriles is 1. The van der Waals surface area contributed by atoms with E-state index in [9.17, 15) is 10.1 Å². The largest absolute Gasteiger partial charge is 0.336 e. The van der Waals surface area contributed by atoms with Gasteiger partial charge in [0.1, 0.15) is 11.5 Å². The fraction of sp³-hybridized carbons (Fsp3) is 0.571. The van der Waals surface area contributed by atoms with Crippen molar-refractivity contribution in [1.82, 2.24) is 14.9 Å². The molecule has 0 aromatic carbocycles. The molecule has 0 saturated carbocycles. The molecular formula is C14H18N4O. The van der Waals surface area contributed by atoms with Crippen molar-refractivity contribution >= 4 is 5.91 Å². The van der Waals surface area contributed by atoms with Gasteiger partial charge in [0.2, 0.25) is 0 Å². The van der Waals surface area contributed by atoms with E-state index in [4.69, 9.17) is 0 Å². The van der Waals surface area contributed by atoms with E-state index in [1.54, 1.807) is 17.9 Å². The summed E-state index contributed by atoms with van der Waals surface area (Å²) in [5.41, 5.74) is 0.772. The van der Waals surface area contributed by atoms with E-state index in [0.29, 0.717) is 24.6 Å². The Balaban J connectivity index is 2.22. The summed E-state index contributed by atoms with van der Waals surface area (Å²) in [4.78, 5) is 22.5. The highest BCUT2D eigenvalue weighted by atomic mass is 16.2. The first-order chi connectivity index (χ1) is 8.93. The van der Waals surface area contributed by atoms with Gasteiger partial charge in [-0.3, -0.25) is 4.79 Å². The molecule has 2 rings (SSSR count). The predicted octanol–water partition coefficient (Wildman–Crippen LogP) is 1.86. The van der Waals surface area contributed by atoms with Gasteiger partial charge in [0.05, 0.1) is 11.5 Å². The van der Waals surface area contributed by atoms with E-state index < -0.39 is 5.41 Å². The third-order valence-corrected chi connectivity index (χ3v) is 3.44. The Morgan fingerprint density at radius 3 is 2.84 bits per heavy atom. The standard InChI is InChI=1S/C14H18N4O/c1-10-7-12(17-11(2)16-10)13(19)18-6-4-5-14(3,8-15)9-18/h7H,4-6,9H2,1-3H3/t14-/m1/s1. The molecule has 19 heavy (non-hydrogen) atoms. The summed E-state index contributed by atoms with van der Waals surface area (Å²) < 4.78 is 0. The number of carbonyl (C=O) groups is 1. The molecule has 1 aliphatic rings. The van der Waals surface area contributed by atoms with Gasteiger partial charge >= 0.3 is 0 Å². The molecule has 1 atom stereocenters. The molecule has 1 aliphatic heterocycles. The summed E-state index contributed by atoms with van der Waals surface area (Å²) in [6, 6.07) is 4.01. The summed E-state index contributed by atoms with van der Waals surface area (Å²) in [5, 5.41) is 9.20. The van der Waals surface area contributed by atoms with Crippen molar-refractivity contribution in [3.8, 4) is 6.07 Å². The maximum Gasteiger partial charge on any atom is 0.272 e. The highest BCUT2D eigenvalue weighted by Gasteiger charge is 2.33. The Labute approximate surface area is 113 Å². The molecule has 1 aromatic heterocycles. The third-order valence-electron chi connectivity index (χ3n) is 3.44. The fourth-order valence-electron chi connectivity index (χ4n) is 2.49. The fourth-order valence-corrected chi connectivity index (χ4v) is 2.49. The zero-order valence-corrected chi connectivity index (χ0v) is 11.6. The number of piperidine rings is 1. The zero-order chi connectivity index (χ0) is 14.0. The van der Waals surface area contributed by atoms with Crippen molar-refractivity contribution in [3.05, 3.63) is 23.3 Å². The zero-order valence-electron chi connectivity index (χ0n) is 11.6. The first-order valence-electron chi connectivity index (χ1n) is 6.46. The molecule has 0 radical (unpaired) electrons. The van der Waals surface area contributed by atoms with Gasteiger partial charge in [0.15, 0.2) is 0 Å². The van der Waals surface area contributed by atoms with Crippen LogP contribution in [0.3, 0.4) is 0 Å². The van der Waals surface area contributed by atoms with E-state index >= 15 is 0 Å². The minimum absolute atomic E-state index is 0.102. The minimum Gasteiger partial charge on any atom is -0.336 e. The Hall–Kier alpha value is -1.96. The Kier molecular flexibility index (Phi) is 3.52. The van der Waals surface area contributed by atoms with E-state index in [2.05, 4.69) is 16.0 Å². The molecular weight excluding hydrogens is 240 g/mol. The average molecular weight is 258 g/mol. The first kappa shape index (κ1) is 13.5. The Morgan fingerprint density at radius 2 is 2.21 bits per heavy atom. The Bertz CT molecular complexity index is 529. The van der Waals surface area contributed by atoms with Crippen LogP contribution in [0.1, 0.15) is 41.8 Å². The van der Waals surface area contributed by atoms with Crippen LogP contribution in [0.15, 0.2) is 6.07 Å². The van der Waals surface area contributed by atoms with Gasteiger partial charge in [-0.25, -0.2) is 9.97 Å². The maximum absolute atomic E-state index is 12.4. The van der Waals surface area contributed by atoms with Crippen molar-refractivity contribution < 1.29 is 4.79 Å². The quantitative estimate of drug-likeness (QED) is 0.771. The molecule has 5 nitrogen and oxygen atoms in total. The highest BCUT2D eigenvalue weighted by molar-refractivity contribution is 5.92. The van der Waals surface area contributed by atoms with E-state index in [0.717, 1.165) is 18.5 Å². The average Bonchev–Trinajstić information content (AvgIpc) is 2.37. The molecule has 1 fully saturated rings. The van der Waals surface area contributed by atoms with Crippen LogP contribution < -0.4 is 0 Å². The van der Waals surface area contributed by atoms with Crippen LogP contribution in [0.4, 0.5) is 0 Å². The lowest BCUT2D eigenvalue weighted by Gasteiger charge is -2.35. The molecule has 100 valence electrons. The summed E-state index contributed by atoms with van der Waals surface area (Å²) >= 11 is 0. The van der Waals surface area contributed by atoms with Crippen LogP contribution in [-0.2, 0) is 0 Å². The van der Waals surface area contributed by atoms with Gasteiger partial charge in [0.25, 0.3) is 5.91 Å². The van der Waals surface area contributed by atoms with Gasteiger partial charge in [-0.15, -0.1) is 0 Å². The number of nitrogens with zero attached hydrogens (tertiary/aromatic N) is 4. The summed E-state index contributed by atoms with van der Waals surface area (Å²) in [6.07, 6.45) is 1.70. The molecule has 0 unspecified atom stereocenters. The van der Waals surface area contributed by atoms with Crippen molar-refractivity contribution in [3.63, 3.8) is 0 Å². The van der Waals surface area contributed by atoms with Crippen LogP contribution in [0.5, 0.6) is 0 Å². The van der Waals surface area contributed by atoms with Crippen molar-refractivity contribution in [2.24, 2.45) is 5.41 Å². The van der Waals surface area contributed by atoms with Crippen molar-refractivity contribution in [2.45, 2.75) is 33.6 Å². The number of hydrogen-bond acceptors (Lipinski definition) is 4. The normalized spacial score (nSPS) is 22.9. The maximum atomic E-state index is 12.4. The molecule has 5 heteroatoms. The first-order valence-corrected chi connectivity index (χ1v) is 6.46. The molecule has 1 aromatic rings. The van der Waals surface area contributed by atoms with Crippen molar-refractivity contribution in [1.29, 1.82) is 5.26 Å². The highest BCUT2D eigenvalue weighted by Crippen LogP contribution is 2.29. The van der Waals surface area contributed by atoms with E-state index in [1.807, 2.05) is 13.8 Å². The third kappa shape index (κ3) is 2.90. The molecule has 0 N–H and O–H groups in total. The molecule has 2 heterocycles. The Morgan fingerprint density at radius 1 is 1.47 bits per heavy atom. The number of amides is 1. The molecule has 0 bridgehead atoms. The number of rotatable bonds is 1. The van der Waals surface area contributed by atoms with Crippen LogP contribution in [0.2, 0.25) is 0 Å². The SMILES string of the molecule is Cc1cc(C(=O)N2CCC[C@](C)(C#N)C2)nc(C)n1. The number of aryl methyl sites for hydroxylation is 2. The molecule has 0 aliphatic carbocycles. The summed E-state index contributed by atoms with van der Waals surface area (Å²) in [5.74, 6) is 0.498. The lowest BCUT2D eigenvalue weighted by molar-refractivity contribution is 0.0623. The smallest absolute Gasteiger partial charge is 0.272 e. The lowest BCUT2D eigenvalue weighted by atomic mass is 9.83. The molecule has 1 saturated heterocycles. The lowest BCUT2D eigenvalue weighted by Crippen LogP contribution is -2.44. The monoisotopic (exact) mass is 258 g/mol. The number of aromatic nitrogens is 2. The van der Waals surface area contributed by atoms with Gasteiger partial charge in [-0.05, 0) is 39.7 Å². The van der Waals surface area contributed by atoms with Crippen LogP contribution in [0.25, 0.3) is 0 Å².